The maximum atomic E-state index is 12.8. The smallest absolute Gasteiger partial charge is 0.194 e. The Morgan fingerprint density at radius 3 is 2.60 bits per heavy atom. The summed E-state index contributed by atoms with van der Waals surface area (Å²) < 4.78 is 1.97. The Kier molecular flexibility index (Phi) is 3.40. The summed E-state index contributed by atoms with van der Waals surface area (Å²) in [7, 11) is 5.93. The molecule has 20 heavy (non-hydrogen) atoms. The van der Waals surface area contributed by atoms with E-state index in [1.165, 1.54) is 31.4 Å². The lowest BCUT2D eigenvalue weighted by atomic mass is 9.87. The fourth-order valence-electron chi connectivity index (χ4n) is 3.65. The van der Waals surface area contributed by atoms with Gasteiger partial charge in [-0.3, -0.25) is 9.48 Å². The van der Waals surface area contributed by atoms with Gasteiger partial charge in [-0.25, -0.2) is 0 Å². The number of ketones is 1. The van der Waals surface area contributed by atoms with E-state index in [9.17, 15) is 4.79 Å². The fraction of sp³-hybridized carbons (Fsp3) is 0.625. The number of carbonyl (C=O) groups excluding carboxylic acids is 1. The molecule has 0 saturated heterocycles. The quantitative estimate of drug-likeness (QED) is 0.778. The minimum absolute atomic E-state index is 0.204. The molecular weight excluding hydrogens is 250 g/mol. The Hall–Kier alpha value is -1.58. The molecule has 1 aromatic heterocycles. The summed E-state index contributed by atoms with van der Waals surface area (Å²) in [5.74, 6) is 0.730. The number of hydrogen-bond donors (Lipinski definition) is 0. The maximum Gasteiger partial charge on any atom is 0.194 e. The van der Waals surface area contributed by atoms with Crippen LogP contribution in [0.2, 0.25) is 0 Å². The summed E-state index contributed by atoms with van der Waals surface area (Å²) >= 11 is 0. The van der Waals surface area contributed by atoms with Gasteiger partial charge in [-0.1, -0.05) is 12.8 Å². The topological polar surface area (TPSA) is 38.1 Å². The molecule has 1 fully saturated rings. The van der Waals surface area contributed by atoms with Crippen molar-refractivity contribution in [3.05, 3.63) is 28.7 Å². The lowest BCUT2D eigenvalue weighted by molar-refractivity contribution is 0.102. The van der Waals surface area contributed by atoms with Gasteiger partial charge in [-0.15, -0.1) is 0 Å². The lowest BCUT2D eigenvalue weighted by Gasteiger charge is -2.18. The molecule has 3 rings (SSSR count). The van der Waals surface area contributed by atoms with Crippen molar-refractivity contribution in [3.63, 3.8) is 0 Å². The van der Waals surface area contributed by atoms with E-state index in [0.29, 0.717) is 5.92 Å². The number of nitrogens with zero attached hydrogens (tertiary/aromatic N) is 3. The molecule has 0 N–H and O–H groups in total. The van der Waals surface area contributed by atoms with Gasteiger partial charge in [0.2, 0.25) is 0 Å². The number of fused-ring (bicyclic) bond motifs is 1. The van der Waals surface area contributed by atoms with Crippen LogP contribution in [0.4, 0.5) is 0 Å². The molecule has 0 radical (unpaired) electrons. The van der Waals surface area contributed by atoms with Crippen LogP contribution in [-0.4, -0.2) is 34.6 Å². The maximum absolute atomic E-state index is 12.8. The summed E-state index contributed by atoms with van der Waals surface area (Å²) in [5, 5.41) is 4.61. The number of allylic oxidation sites excluding steroid dienone is 1. The molecule has 1 aromatic rings. The molecule has 0 atom stereocenters. The number of aryl methyl sites for hydroxylation is 2. The first-order chi connectivity index (χ1) is 9.58. The second-order valence-corrected chi connectivity index (χ2v) is 6.26. The van der Waals surface area contributed by atoms with Crippen molar-refractivity contribution in [1.29, 1.82) is 0 Å². The van der Waals surface area contributed by atoms with E-state index >= 15 is 0 Å². The van der Waals surface area contributed by atoms with Crippen molar-refractivity contribution in [2.75, 3.05) is 14.1 Å². The molecule has 0 aromatic carbocycles. The van der Waals surface area contributed by atoms with Gasteiger partial charge in [-0.05, 0) is 25.7 Å². The van der Waals surface area contributed by atoms with E-state index in [1.807, 2.05) is 36.9 Å². The minimum Gasteiger partial charge on any atom is -0.383 e. The Balaban J connectivity index is 2.04. The van der Waals surface area contributed by atoms with E-state index in [2.05, 4.69) is 5.10 Å². The van der Waals surface area contributed by atoms with Crippen LogP contribution in [0.15, 0.2) is 11.8 Å². The van der Waals surface area contributed by atoms with Gasteiger partial charge in [0.1, 0.15) is 0 Å². The standard InChI is InChI=1S/C16H23N3O/c1-18(2)10-12-8-9-13-14(16(12)20)15(19(3)17-13)11-6-4-5-7-11/h10-11H,4-9H2,1-3H3. The van der Waals surface area contributed by atoms with Crippen LogP contribution in [0, 0.1) is 0 Å². The molecule has 0 aliphatic heterocycles. The average molecular weight is 273 g/mol. The highest BCUT2D eigenvalue weighted by Crippen LogP contribution is 2.39. The molecule has 0 spiro atoms. The highest BCUT2D eigenvalue weighted by molar-refractivity contribution is 6.11. The first kappa shape index (κ1) is 13.4. The van der Waals surface area contributed by atoms with E-state index in [4.69, 9.17) is 0 Å². The first-order valence-corrected chi connectivity index (χ1v) is 7.55. The zero-order valence-electron chi connectivity index (χ0n) is 12.6. The zero-order valence-corrected chi connectivity index (χ0v) is 12.6. The van der Waals surface area contributed by atoms with Crippen LogP contribution in [0.3, 0.4) is 0 Å². The Labute approximate surface area is 120 Å². The van der Waals surface area contributed by atoms with Crippen LogP contribution >= 0.6 is 0 Å². The Morgan fingerprint density at radius 1 is 1.25 bits per heavy atom. The van der Waals surface area contributed by atoms with E-state index in [-0.39, 0.29) is 5.78 Å². The number of rotatable bonds is 2. The van der Waals surface area contributed by atoms with Crippen LogP contribution in [0.5, 0.6) is 0 Å². The van der Waals surface area contributed by atoms with Gasteiger partial charge in [0.05, 0.1) is 17.0 Å². The van der Waals surface area contributed by atoms with Crippen LogP contribution < -0.4 is 0 Å². The van der Waals surface area contributed by atoms with Crippen LogP contribution in [0.1, 0.15) is 59.8 Å². The monoisotopic (exact) mass is 273 g/mol. The Morgan fingerprint density at radius 2 is 1.95 bits per heavy atom. The van der Waals surface area contributed by atoms with Gasteiger partial charge in [0.15, 0.2) is 5.78 Å². The Bertz CT molecular complexity index is 563. The van der Waals surface area contributed by atoms with Gasteiger partial charge < -0.3 is 4.90 Å². The summed E-state index contributed by atoms with van der Waals surface area (Å²) in [6.45, 7) is 0. The average Bonchev–Trinajstić information content (AvgIpc) is 2.99. The molecule has 2 aliphatic carbocycles. The molecule has 0 bridgehead atoms. The van der Waals surface area contributed by atoms with Gasteiger partial charge >= 0.3 is 0 Å². The second kappa shape index (κ2) is 5.08. The second-order valence-electron chi connectivity index (χ2n) is 6.26. The summed E-state index contributed by atoms with van der Waals surface area (Å²) in [6, 6.07) is 0. The summed E-state index contributed by atoms with van der Waals surface area (Å²) in [6.07, 6.45) is 8.62. The lowest BCUT2D eigenvalue weighted by Crippen LogP contribution is -2.18. The van der Waals surface area contributed by atoms with Crippen LogP contribution in [0.25, 0.3) is 0 Å². The molecule has 1 saturated carbocycles. The van der Waals surface area contributed by atoms with Crippen molar-refractivity contribution in [1.82, 2.24) is 14.7 Å². The van der Waals surface area contributed by atoms with E-state index in [0.717, 1.165) is 29.7 Å². The highest BCUT2D eigenvalue weighted by atomic mass is 16.1. The molecule has 1 heterocycles. The van der Waals surface area contributed by atoms with Crippen molar-refractivity contribution in [2.24, 2.45) is 7.05 Å². The van der Waals surface area contributed by atoms with E-state index < -0.39 is 0 Å². The summed E-state index contributed by atoms with van der Waals surface area (Å²) in [4.78, 5) is 14.8. The van der Waals surface area contributed by atoms with Gasteiger partial charge in [0.25, 0.3) is 0 Å². The normalized spacial score (nSPS) is 21.6. The SMILES string of the molecule is CN(C)C=C1CCc2nn(C)c(C3CCCC3)c2C1=O. The molecule has 108 valence electrons. The largest absolute Gasteiger partial charge is 0.383 e. The van der Waals surface area contributed by atoms with Crippen molar-refractivity contribution < 1.29 is 4.79 Å². The third kappa shape index (κ3) is 2.17. The predicted octanol–water partition coefficient (Wildman–Crippen LogP) is 2.65. The zero-order chi connectivity index (χ0) is 14.3. The first-order valence-electron chi connectivity index (χ1n) is 7.55. The number of aromatic nitrogens is 2. The molecular formula is C16H23N3O. The van der Waals surface area contributed by atoms with Crippen molar-refractivity contribution in [2.45, 2.75) is 44.4 Å². The van der Waals surface area contributed by atoms with Crippen molar-refractivity contribution >= 4 is 5.78 Å². The van der Waals surface area contributed by atoms with Gasteiger partial charge in [-0.2, -0.15) is 5.10 Å². The van der Waals surface area contributed by atoms with Gasteiger partial charge in [0, 0.05) is 38.8 Å². The molecule has 2 aliphatic rings. The highest BCUT2D eigenvalue weighted by Gasteiger charge is 2.33. The molecule has 4 nitrogen and oxygen atoms in total. The summed E-state index contributed by atoms with van der Waals surface area (Å²) in [5.41, 5.74) is 4.04. The molecule has 0 amide bonds. The minimum atomic E-state index is 0.204. The van der Waals surface area contributed by atoms with Crippen molar-refractivity contribution in [3.8, 4) is 0 Å². The molecule has 0 unspecified atom stereocenters. The molecule has 4 heteroatoms. The van der Waals surface area contributed by atoms with Crippen LogP contribution in [-0.2, 0) is 13.5 Å². The predicted molar refractivity (Wildman–Crippen MR) is 78.8 cm³/mol. The van der Waals surface area contributed by atoms with E-state index in [1.54, 1.807) is 0 Å². The number of carbonyl (C=O) groups is 1. The third-order valence-electron chi connectivity index (χ3n) is 4.47. The number of Topliss-reactive ketones (excluding diaryl/α,β-unsaturated/α-hetero) is 1. The number of hydrogen-bond acceptors (Lipinski definition) is 3. The third-order valence-corrected chi connectivity index (χ3v) is 4.47. The fourth-order valence-corrected chi connectivity index (χ4v) is 3.65.